The largest absolute Gasteiger partial charge is 0.368 e. The van der Waals surface area contributed by atoms with E-state index in [-0.39, 0.29) is 5.91 Å². The number of hydrogen-bond acceptors (Lipinski definition) is 4. The molecule has 0 aliphatic carbocycles. The molecule has 0 aliphatic heterocycles. The number of nitrogens with zero attached hydrogens (tertiary/aromatic N) is 2. The molecule has 1 aromatic heterocycles. The van der Waals surface area contributed by atoms with Gasteiger partial charge in [0, 0.05) is 25.7 Å². The molecule has 0 aliphatic rings. The van der Waals surface area contributed by atoms with Crippen LogP contribution in [0.1, 0.15) is 13.3 Å². The maximum atomic E-state index is 11.0. The number of rotatable bonds is 5. The van der Waals surface area contributed by atoms with Gasteiger partial charge >= 0.3 is 0 Å². The Balaban J connectivity index is 2.19. The first-order chi connectivity index (χ1) is 6.83. The lowest BCUT2D eigenvalue weighted by molar-refractivity contribution is -0.120. The number of carbonyl (C=O) groups is 1. The van der Waals surface area contributed by atoms with Crippen molar-refractivity contribution in [2.45, 2.75) is 13.3 Å². The van der Waals surface area contributed by atoms with Gasteiger partial charge in [-0.1, -0.05) is 0 Å². The van der Waals surface area contributed by atoms with Crippen LogP contribution in [0.2, 0.25) is 0 Å². The molecule has 0 saturated heterocycles. The van der Waals surface area contributed by atoms with Crippen LogP contribution in [0, 0.1) is 0 Å². The van der Waals surface area contributed by atoms with E-state index in [1.54, 1.807) is 12.3 Å². The van der Waals surface area contributed by atoms with Gasteiger partial charge in [-0.05, 0) is 19.1 Å². The molecular formula is C9H14N4O. The van der Waals surface area contributed by atoms with Gasteiger partial charge in [-0.15, -0.1) is 5.10 Å². The van der Waals surface area contributed by atoms with E-state index in [9.17, 15) is 4.79 Å². The average Bonchev–Trinajstić information content (AvgIpc) is 2.20. The Bertz CT molecular complexity index is 275. The summed E-state index contributed by atoms with van der Waals surface area (Å²) in [5.74, 6) is 0.737. The van der Waals surface area contributed by atoms with Gasteiger partial charge in [0.1, 0.15) is 5.82 Å². The second-order valence-electron chi connectivity index (χ2n) is 2.74. The Morgan fingerprint density at radius 1 is 1.57 bits per heavy atom. The number of nitrogens with one attached hydrogen (secondary N) is 2. The molecule has 5 heteroatoms. The van der Waals surface area contributed by atoms with E-state index in [1.807, 2.05) is 13.0 Å². The average molecular weight is 194 g/mol. The predicted octanol–water partition coefficient (Wildman–Crippen LogP) is 0.415. The third-order valence-electron chi connectivity index (χ3n) is 1.60. The molecule has 2 N–H and O–H groups in total. The van der Waals surface area contributed by atoms with E-state index in [1.165, 1.54) is 0 Å². The molecule has 1 heterocycles. The van der Waals surface area contributed by atoms with Gasteiger partial charge in [-0.2, -0.15) is 5.10 Å². The van der Waals surface area contributed by atoms with E-state index in [4.69, 9.17) is 0 Å². The molecule has 76 valence electrons. The van der Waals surface area contributed by atoms with Gasteiger partial charge in [0.15, 0.2) is 0 Å². The first-order valence-corrected chi connectivity index (χ1v) is 4.61. The summed E-state index contributed by atoms with van der Waals surface area (Å²) in [5, 5.41) is 13.3. The number of carbonyl (C=O) groups excluding carboxylic acids is 1. The highest BCUT2D eigenvalue weighted by Gasteiger charge is 1.98. The quantitative estimate of drug-likeness (QED) is 0.712. The molecule has 0 unspecified atom stereocenters. The zero-order valence-corrected chi connectivity index (χ0v) is 8.16. The van der Waals surface area contributed by atoms with E-state index in [0.717, 1.165) is 0 Å². The normalized spacial score (nSPS) is 9.50. The summed E-state index contributed by atoms with van der Waals surface area (Å²) in [6.07, 6.45) is 2.05. The van der Waals surface area contributed by atoms with Crippen molar-refractivity contribution in [1.29, 1.82) is 0 Å². The van der Waals surface area contributed by atoms with E-state index in [0.29, 0.717) is 25.3 Å². The molecule has 1 amide bonds. The van der Waals surface area contributed by atoms with Crippen molar-refractivity contribution >= 4 is 11.7 Å². The van der Waals surface area contributed by atoms with Crippen LogP contribution in [-0.4, -0.2) is 29.2 Å². The number of hydrogen-bond donors (Lipinski definition) is 2. The number of anilines is 1. The highest BCUT2D eigenvalue weighted by molar-refractivity contribution is 5.76. The summed E-state index contributed by atoms with van der Waals surface area (Å²) < 4.78 is 0. The van der Waals surface area contributed by atoms with Crippen LogP contribution in [0.3, 0.4) is 0 Å². The Labute approximate surface area is 82.9 Å². The lowest BCUT2D eigenvalue weighted by Gasteiger charge is -2.04. The molecule has 0 fully saturated rings. The van der Waals surface area contributed by atoms with Crippen molar-refractivity contribution in [3.8, 4) is 0 Å². The Kier molecular flexibility index (Phi) is 4.40. The van der Waals surface area contributed by atoms with Crippen LogP contribution in [-0.2, 0) is 4.79 Å². The molecule has 0 saturated carbocycles. The minimum absolute atomic E-state index is 0.0453. The molecule has 0 atom stereocenters. The van der Waals surface area contributed by atoms with Crippen molar-refractivity contribution in [2.24, 2.45) is 0 Å². The maximum Gasteiger partial charge on any atom is 0.221 e. The maximum absolute atomic E-state index is 11.0. The van der Waals surface area contributed by atoms with Crippen molar-refractivity contribution in [3.05, 3.63) is 18.3 Å². The monoisotopic (exact) mass is 194 g/mol. The van der Waals surface area contributed by atoms with E-state index in [2.05, 4.69) is 20.8 Å². The zero-order chi connectivity index (χ0) is 10.2. The second-order valence-corrected chi connectivity index (χ2v) is 2.74. The third-order valence-corrected chi connectivity index (χ3v) is 1.60. The molecule has 0 spiro atoms. The van der Waals surface area contributed by atoms with E-state index >= 15 is 0 Å². The summed E-state index contributed by atoms with van der Waals surface area (Å²) in [6, 6.07) is 3.60. The molecule has 1 rings (SSSR count). The Morgan fingerprint density at radius 3 is 3.07 bits per heavy atom. The van der Waals surface area contributed by atoms with Crippen molar-refractivity contribution in [3.63, 3.8) is 0 Å². The minimum Gasteiger partial charge on any atom is -0.368 e. The summed E-state index contributed by atoms with van der Waals surface area (Å²) in [4.78, 5) is 11.0. The smallest absolute Gasteiger partial charge is 0.221 e. The van der Waals surface area contributed by atoms with Crippen LogP contribution in [0.5, 0.6) is 0 Å². The lowest BCUT2D eigenvalue weighted by Crippen LogP contribution is -2.24. The van der Waals surface area contributed by atoms with Crippen molar-refractivity contribution in [2.75, 3.05) is 18.4 Å². The van der Waals surface area contributed by atoms with Gasteiger partial charge in [-0.3, -0.25) is 4.79 Å². The SMILES string of the molecule is CCNC(=O)CCNc1cccnn1. The minimum atomic E-state index is 0.0453. The summed E-state index contributed by atoms with van der Waals surface area (Å²) in [7, 11) is 0. The molecule has 0 bridgehead atoms. The standard InChI is InChI=1S/C9H14N4O/c1-2-10-9(14)5-7-11-8-4-3-6-12-13-8/h3-4,6H,2,5,7H2,1H3,(H,10,14)(H,11,13). The van der Waals surface area contributed by atoms with Crippen LogP contribution in [0.25, 0.3) is 0 Å². The molecule has 5 nitrogen and oxygen atoms in total. The number of amides is 1. The van der Waals surface area contributed by atoms with Crippen LogP contribution >= 0.6 is 0 Å². The fourth-order valence-corrected chi connectivity index (χ4v) is 0.985. The zero-order valence-electron chi connectivity index (χ0n) is 8.16. The predicted molar refractivity (Wildman–Crippen MR) is 53.8 cm³/mol. The lowest BCUT2D eigenvalue weighted by atomic mass is 10.4. The fraction of sp³-hybridized carbons (Fsp3) is 0.444. The molecule has 0 aromatic carbocycles. The highest BCUT2D eigenvalue weighted by Crippen LogP contribution is 1.97. The summed E-state index contributed by atoms with van der Waals surface area (Å²) >= 11 is 0. The van der Waals surface area contributed by atoms with Crippen molar-refractivity contribution in [1.82, 2.24) is 15.5 Å². The molecule has 0 radical (unpaired) electrons. The van der Waals surface area contributed by atoms with Crippen LogP contribution in [0.15, 0.2) is 18.3 Å². The first kappa shape index (κ1) is 10.4. The van der Waals surface area contributed by atoms with E-state index < -0.39 is 0 Å². The topological polar surface area (TPSA) is 66.9 Å². The van der Waals surface area contributed by atoms with Gasteiger partial charge in [0.05, 0.1) is 0 Å². The van der Waals surface area contributed by atoms with Gasteiger partial charge in [0.25, 0.3) is 0 Å². The first-order valence-electron chi connectivity index (χ1n) is 4.61. The Morgan fingerprint density at radius 2 is 2.43 bits per heavy atom. The molecule has 1 aromatic rings. The van der Waals surface area contributed by atoms with Gasteiger partial charge in [-0.25, -0.2) is 0 Å². The molecular weight excluding hydrogens is 180 g/mol. The van der Waals surface area contributed by atoms with Crippen LogP contribution in [0.4, 0.5) is 5.82 Å². The number of aromatic nitrogens is 2. The second kappa shape index (κ2) is 5.90. The molecule has 14 heavy (non-hydrogen) atoms. The van der Waals surface area contributed by atoms with Gasteiger partial charge < -0.3 is 10.6 Å². The van der Waals surface area contributed by atoms with Crippen molar-refractivity contribution < 1.29 is 4.79 Å². The van der Waals surface area contributed by atoms with Gasteiger partial charge in [0.2, 0.25) is 5.91 Å². The third kappa shape index (κ3) is 3.84. The highest BCUT2D eigenvalue weighted by atomic mass is 16.1. The van der Waals surface area contributed by atoms with Crippen LogP contribution < -0.4 is 10.6 Å². The summed E-state index contributed by atoms with van der Waals surface area (Å²) in [5.41, 5.74) is 0. The fourth-order valence-electron chi connectivity index (χ4n) is 0.985. The summed E-state index contributed by atoms with van der Waals surface area (Å²) in [6.45, 7) is 3.14. The Hall–Kier alpha value is -1.65.